The Hall–Kier alpha value is -8.80. The lowest BCUT2D eigenvalue weighted by Crippen LogP contribution is -2.01. The van der Waals surface area contributed by atoms with E-state index in [1.807, 2.05) is 12.2 Å². The molecule has 318 valence electrons. The van der Waals surface area contributed by atoms with Crippen LogP contribution in [0.4, 0.5) is 0 Å². The zero-order chi connectivity index (χ0) is 44.7. The summed E-state index contributed by atoms with van der Waals surface area (Å²) in [4.78, 5) is 0. The number of fused-ring (bicyclic) bond motifs is 6. The maximum Gasteiger partial charge on any atom is 0.248 e. The van der Waals surface area contributed by atoms with E-state index in [-0.39, 0.29) is 0 Å². The number of hydrogen-bond donors (Lipinski definition) is 0. The summed E-state index contributed by atoms with van der Waals surface area (Å²) in [5.41, 5.74) is 15.4. The Morgan fingerprint density at radius 1 is 0.463 bits per heavy atom. The molecule has 0 amide bonds. The largest absolute Gasteiger partial charge is 0.416 e. The summed E-state index contributed by atoms with van der Waals surface area (Å²) < 4.78 is 11.4. The molecule has 0 fully saturated rings. The van der Waals surface area contributed by atoms with Gasteiger partial charge in [0.25, 0.3) is 0 Å². The first-order chi connectivity index (χ1) is 33.2. The molecule has 0 bridgehead atoms. The van der Waals surface area contributed by atoms with Crippen molar-refractivity contribution in [3.05, 3.63) is 248 Å². The number of nitrogens with zero attached hydrogens (tertiary/aromatic N) is 4. The Morgan fingerprint density at radius 2 is 1.06 bits per heavy atom. The van der Waals surface area contributed by atoms with Crippen LogP contribution in [0.3, 0.4) is 0 Å². The van der Waals surface area contributed by atoms with Gasteiger partial charge < -0.3 is 13.6 Å². The van der Waals surface area contributed by atoms with Gasteiger partial charge in [-0.15, -0.1) is 10.2 Å². The van der Waals surface area contributed by atoms with Crippen LogP contribution >= 0.6 is 0 Å². The number of aromatic nitrogens is 4. The number of benzene rings is 8. The van der Waals surface area contributed by atoms with Crippen molar-refractivity contribution >= 4 is 49.7 Å². The minimum atomic E-state index is 0.305. The zero-order valence-electron chi connectivity index (χ0n) is 36.7. The zero-order valence-corrected chi connectivity index (χ0v) is 36.7. The van der Waals surface area contributed by atoms with Crippen molar-refractivity contribution in [3.63, 3.8) is 0 Å². The number of hydrogen-bond acceptors (Lipinski definition) is 3. The van der Waals surface area contributed by atoms with E-state index < -0.39 is 0 Å². The summed E-state index contributed by atoms with van der Waals surface area (Å²) in [7, 11) is 0. The smallest absolute Gasteiger partial charge is 0.248 e. The van der Waals surface area contributed by atoms with Gasteiger partial charge in [0.15, 0.2) is 0 Å². The van der Waals surface area contributed by atoms with Gasteiger partial charge in [-0.2, -0.15) is 0 Å². The molecule has 67 heavy (non-hydrogen) atoms. The fourth-order valence-corrected chi connectivity index (χ4v) is 9.79. The third kappa shape index (κ3) is 7.33. The molecule has 5 nitrogen and oxygen atoms in total. The van der Waals surface area contributed by atoms with Gasteiger partial charge in [-0.1, -0.05) is 170 Å². The Balaban J connectivity index is 0.956. The molecule has 1 aliphatic carbocycles. The third-order valence-electron chi connectivity index (χ3n) is 12.9. The van der Waals surface area contributed by atoms with E-state index in [0.29, 0.717) is 17.7 Å². The molecule has 1 unspecified atom stereocenters. The summed E-state index contributed by atoms with van der Waals surface area (Å²) in [6, 6.07) is 65.2. The van der Waals surface area contributed by atoms with Crippen molar-refractivity contribution in [2.45, 2.75) is 12.3 Å². The summed E-state index contributed by atoms with van der Waals surface area (Å²) in [5, 5.41) is 13.9. The van der Waals surface area contributed by atoms with E-state index in [9.17, 15) is 0 Å². The maximum atomic E-state index is 6.61. The molecule has 11 aromatic rings. The van der Waals surface area contributed by atoms with Crippen LogP contribution in [0.5, 0.6) is 0 Å². The Morgan fingerprint density at radius 3 is 1.76 bits per heavy atom. The second-order valence-corrected chi connectivity index (χ2v) is 17.1. The van der Waals surface area contributed by atoms with Crippen molar-refractivity contribution < 1.29 is 4.42 Å². The highest BCUT2D eigenvalue weighted by Crippen LogP contribution is 2.40. The quantitative estimate of drug-likeness (QED) is 0.129. The van der Waals surface area contributed by atoms with Gasteiger partial charge >= 0.3 is 0 Å². The van der Waals surface area contributed by atoms with Crippen LogP contribution in [0.15, 0.2) is 242 Å². The van der Waals surface area contributed by atoms with Gasteiger partial charge in [-0.25, -0.2) is 0 Å². The first-order valence-electron chi connectivity index (χ1n) is 22.8. The van der Waals surface area contributed by atoms with Crippen LogP contribution in [-0.4, -0.2) is 19.3 Å². The van der Waals surface area contributed by atoms with E-state index in [0.717, 1.165) is 83.8 Å². The molecule has 8 aromatic carbocycles. The lowest BCUT2D eigenvalue weighted by molar-refractivity contribution is 0.585. The summed E-state index contributed by atoms with van der Waals surface area (Å²) >= 11 is 0. The van der Waals surface area contributed by atoms with Crippen LogP contribution in [0.1, 0.15) is 23.5 Å². The van der Waals surface area contributed by atoms with Crippen molar-refractivity contribution in [2.75, 3.05) is 0 Å². The lowest BCUT2D eigenvalue weighted by atomic mass is 9.89. The highest BCUT2D eigenvalue weighted by molar-refractivity contribution is 6.11. The number of para-hydroxylation sites is 2. The second kappa shape index (κ2) is 17.0. The Bertz CT molecular complexity index is 3800. The maximum absolute atomic E-state index is 6.61. The molecular weight excluding hydrogens is 817 g/mol. The number of allylic oxidation sites excluding steroid dienone is 8. The molecule has 0 saturated heterocycles. The van der Waals surface area contributed by atoms with Gasteiger partial charge in [-0.05, 0) is 113 Å². The minimum absolute atomic E-state index is 0.305. The first-order valence-corrected chi connectivity index (χ1v) is 22.8. The van der Waals surface area contributed by atoms with E-state index in [4.69, 9.17) is 4.42 Å². The molecular formula is C62H44N4O. The number of rotatable bonds is 10. The van der Waals surface area contributed by atoms with Crippen LogP contribution < -0.4 is 0 Å². The summed E-state index contributed by atoms with van der Waals surface area (Å²) in [5.74, 6) is 1.24. The molecule has 12 rings (SSSR count). The van der Waals surface area contributed by atoms with Crippen LogP contribution in [0.2, 0.25) is 0 Å². The van der Waals surface area contributed by atoms with Gasteiger partial charge in [0.2, 0.25) is 11.8 Å². The molecule has 0 aliphatic heterocycles. The summed E-state index contributed by atoms with van der Waals surface area (Å²) in [6.45, 7) is 3.82. The molecule has 3 heterocycles. The predicted octanol–water partition coefficient (Wildman–Crippen LogP) is 16.3. The molecule has 0 radical (unpaired) electrons. The third-order valence-corrected chi connectivity index (χ3v) is 12.9. The molecule has 5 heteroatoms. The van der Waals surface area contributed by atoms with E-state index in [1.165, 1.54) is 22.1 Å². The standard InChI is InChI=1S/C62H44N4O/c1-2-3-4-8-19-42-34-48(43-20-9-5-10-21-43)37-51(35-42)66-57-28-17-15-26-53(57)55-32-30-47(41-60(55)66)62-64-63-61(67-62)46-31-33-59-56(40-46)54-27-16-18-29-58(54)65(59)52-38-49(44-22-11-6-12-23-44)36-50(39-52)45-24-13-7-14-25-45/h2-24,26-41,45H,1,25H2/b4-3-,19-8+. The average molecular weight is 861 g/mol. The van der Waals surface area contributed by atoms with Crippen molar-refractivity contribution in [3.8, 4) is 56.5 Å². The lowest BCUT2D eigenvalue weighted by Gasteiger charge is -2.18. The van der Waals surface area contributed by atoms with Gasteiger partial charge in [0.05, 0.1) is 22.1 Å². The van der Waals surface area contributed by atoms with Crippen molar-refractivity contribution in [2.24, 2.45) is 0 Å². The van der Waals surface area contributed by atoms with Crippen LogP contribution in [0, 0.1) is 0 Å². The first kappa shape index (κ1) is 39.8. The minimum Gasteiger partial charge on any atom is -0.416 e. The van der Waals surface area contributed by atoms with Crippen molar-refractivity contribution in [1.82, 2.24) is 19.3 Å². The fourth-order valence-electron chi connectivity index (χ4n) is 9.79. The van der Waals surface area contributed by atoms with Gasteiger partial charge in [0.1, 0.15) is 0 Å². The van der Waals surface area contributed by atoms with E-state index in [1.54, 1.807) is 6.08 Å². The normalized spacial score (nSPS) is 13.9. The Kier molecular flexibility index (Phi) is 10.1. The molecule has 3 aromatic heterocycles. The van der Waals surface area contributed by atoms with Gasteiger partial charge in [-0.3, -0.25) is 0 Å². The highest BCUT2D eigenvalue weighted by atomic mass is 16.4. The second-order valence-electron chi connectivity index (χ2n) is 17.1. The average Bonchev–Trinajstić information content (AvgIpc) is 4.11. The monoisotopic (exact) mass is 860 g/mol. The van der Waals surface area contributed by atoms with E-state index >= 15 is 0 Å². The molecule has 0 saturated carbocycles. The Labute approximate surface area is 388 Å². The molecule has 1 atom stereocenters. The van der Waals surface area contributed by atoms with E-state index in [2.05, 4.69) is 244 Å². The fraction of sp³-hybridized carbons (Fsp3) is 0.0323. The molecule has 0 spiro atoms. The molecule has 0 N–H and O–H groups in total. The van der Waals surface area contributed by atoms with Gasteiger partial charge in [0, 0.05) is 50.0 Å². The highest BCUT2D eigenvalue weighted by Gasteiger charge is 2.20. The summed E-state index contributed by atoms with van der Waals surface area (Å²) in [6.07, 6.45) is 19.8. The van der Waals surface area contributed by atoms with Crippen LogP contribution in [-0.2, 0) is 0 Å². The SMILES string of the molecule is C=C/C=C\C=C\c1cc(-c2ccccc2)cc(-n2c3ccccc3c3ccc(-c4nnc(-c5ccc6c(c5)c5ccccc5n6-c5cc(-c6ccccc6)cc(C6C=CC=CC6)c5)o4)cc32)c1. The molecule has 1 aliphatic rings. The predicted molar refractivity (Wildman–Crippen MR) is 279 cm³/mol. The van der Waals surface area contributed by atoms with Crippen molar-refractivity contribution in [1.29, 1.82) is 0 Å². The topological polar surface area (TPSA) is 48.8 Å². The van der Waals surface area contributed by atoms with Crippen LogP contribution in [0.25, 0.3) is 106 Å².